The monoisotopic (exact) mass is 201 g/mol. The highest BCUT2D eigenvalue weighted by Crippen LogP contribution is 2.08. The molecule has 76 valence electrons. The van der Waals surface area contributed by atoms with Crippen molar-refractivity contribution in [3.05, 3.63) is 42.0 Å². The molecule has 0 aliphatic rings. The van der Waals surface area contributed by atoms with Gasteiger partial charge in [-0.3, -0.25) is 4.79 Å². The summed E-state index contributed by atoms with van der Waals surface area (Å²) in [6.45, 7) is 3.29. The van der Waals surface area contributed by atoms with Crippen LogP contribution in [-0.2, 0) is 0 Å². The Bertz CT molecular complexity index is 488. The van der Waals surface area contributed by atoms with E-state index in [0.717, 1.165) is 5.69 Å². The van der Waals surface area contributed by atoms with Gasteiger partial charge in [0.25, 0.3) is 0 Å². The first kappa shape index (κ1) is 9.58. The number of hydrogen-bond donors (Lipinski definition) is 0. The molecule has 0 amide bonds. The van der Waals surface area contributed by atoms with Gasteiger partial charge in [-0.15, -0.1) is 5.10 Å². The minimum atomic E-state index is -0.118. The fourth-order valence-electron chi connectivity index (χ4n) is 1.35. The third-order valence-electron chi connectivity index (χ3n) is 2.08. The Morgan fingerprint density at radius 2 is 1.93 bits per heavy atom. The Morgan fingerprint density at radius 3 is 2.47 bits per heavy atom. The van der Waals surface area contributed by atoms with Gasteiger partial charge < -0.3 is 0 Å². The van der Waals surface area contributed by atoms with E-state index in [1.807, 2.05) is 37.3 Å². The van der Waals surface area contributed by atoms with Gasteiger partial charge >= 0.3 is 0 Å². The maximum Gasteiger partial charge on any atom is 0.217 e. The van der Waals surface area contributed by atoms with Gasteiger partial charge in [-0.05, 0) is 19.1 Å². The lowest BCUT2D eigenvalue weighted by Gasteiger charge is -2.00. The molecule has 0 saturated heterocycles. The summed E-state index contributed by atoms with van der Waals surface area (Å²) in [5.41, 5.74) is 0.912. The molecule has 0 atom stereocenters. The van der Waals surface area contributed by atoms with E-state index in [0.29, 0.717) is 5.82 Å². The number of para-hydroxylation sites is 1. The van der Waals surface area contributed by atoms with Crippen LogP contribution in [-0.4, -0.2) is 20.5 Å². The first-order valence-corrected chi connectivity index (χ1v) is 4.68. The standard InChI is InChI=1S/C11H11N3O/c1-8(15)11-12-9(2)14(13-11)10-6-4-3-5-7-10/h3-7H,1-2H3. The van der Waals surface area contributed by atoms with Crippen LogP contribution in [0.2, 0.25) is 0 Å². The zero-order valence-corrected chi connectivity index (χ0v) is 8.64. The fourth-order valence-corrected chi connectivity index (χ4v) is 1.35. The van der Waals surface area contributed by atoms with Gasteiger partial charge in [-0.25, -0.2) is 9.67 Å². The quantitative estimate of drug-likeness (QED) is 0.696. The number of aromatic nitrogens is 3. The van der Waals surface area contributed by atoms with Gasteiger partial charge in [-0.1, -0.05) is 18.2 Å². The summed E-state index contributed by atoms with van der Waals surface area (Å²) in [4.78, 5) is 15.2. The van der Waals surface area contributed by atoms with Gasteiger partial charge in [0.15, 0.2) is 5.78 Å². The average Bonchev–Trinajstić information content (AvgIpc) is 2.62. The van der Waals surface area contributed by atoms with Crippen LogP contribution in [0.15, 0.2) is 30.3 Å². The third kappa shape index (κ3) is 1.79. The Balaban J connectivity index is 2.50. The number of ketones is 1. The number of carbonyl (C=O) groups excluding carboxylic acids is 1. The van der Waals surface area contributed by atoms with E-state index in [-0.39, 0.29) is 11.6 Å². The highest BCUT2D eigenvalue weighted by atomic mass is 16.1. The van der Waals surface area contributed by atoms with Crippen molar-refractivity contribution in [2.75, 3.05) is 0 Å². The number of benzene rings is 1. The maximum atomic E-state index is 11.1. The van der Waals surface area contributed by atoms with Gasteiger partial charge in [0.2, 0.25) is 5.82 Å². The van der Waals surface area contributed by atoms with Crippen LogP contribution in [0.4, 0.5) is 0 Å². The number of Topliss-reactive ketones (excluding diaryl/α,β-unsaturated/α-hetero) is 1. The Labute approximate surface area is 87.6 Å². The highest BCUT2D eigenvalue weighted by molar-refractivity contribution is 5.90. The molecule has 0 saturated carbocycles. The fraction of sp³-hybridized carbons (Fsp3) is 0.182. The minimum absolute atomic E-state index is 0.118. The Hall–Kier alpha value is -1.97. The highest BCUT2D eigenvalue weighted by Gasteiger charge is 2.10. The number of aryl methyl sites for hydroxylation is 1. The maximum absolute atomic E-state index is 11.1. The second-order valence-electron chi connectivity index (χ2n) is 3.29. The summed E-state index contributed by atoms with van der Waals surface area (Å²) >= 11 is 0. The van der Waals surface area contributed by atoms with E-state index >= 15 is 0 Å². The van der Waals surface area contributed by atoms with Gasteiger partial charge in [0.05, 0.1) is 5.69 Å². The molecular weight excluding hydrogens is 190 g/mol. The average molecular weight is 201 g/mol. The molecule has 0 fully saturated rings. The number of nitrogens with zero attached hydrogens (tertiary/aromatic N) is 3. The SMILES string of the molecule is CC(=O)c1nc(C)n(-c2ccccc2)n1. The molecule has 0 N–H and O–H groups in total. The van der Waals surface area contributed by atoms with E-state index in [9.17, 15) is 4.79 Å². The first-order valence-electron chi connectivity index (χ1n) is 4.68. The lowest BCUT2D eigenvalue weighted by molar-refractivity contribution is 0.100. The van der Waals surface area contributed by atoms with E-state index in [1.54, 1.807) is 4.68 Å². The summed E-state index contributed by atoms with van der Waals surface area (Å²) in [6, 6.07) is 9.62. The smallest absolute Gasteiger partial charge is 0.217 e. The zero-order valence-electron chi connectivity index (χ0n) is 8.64. The van der Waals surface area contributed by atoms with Crippen LogP contribution < -0.4 is 0 Å². The summed E-state index contributed by atoms with van der Waals surface area (Å²) in [5.74, 6) is 0.857. The molecule has 1 heterocycles. The second-order valence-corrected chi connectivity index (χ2v) is 3.29. The summed E-state index contributed by atoms with van der Waals surface area (Å²) in [5, 5.41) is 4.14. The molecule has 0 unspecified atom stereocenters. The number of hydrogen-bond acceptors (Lipinski definition) is 3. The Kier molecular flexibility index (Phi) is 2.33. The second kappa shape index (κ2) is 3.65. The molecule has 0 bridgehead atoms. The molecular formula is C11H11N3O. The predicted molar refractivity (Wildman–Crippen MR) is 56.1 cm³/mol. The molecule has 2 rings (SSSR count). The summed E-state index contributed by atoms with van der Waals surface area (Å²) in [6.07, 6.45) is 0. The van der Waals surface area contributed by atoms with E-state index in [2.05, 4.69) is 10.1 Å². The summed E-state index contributed by atoms with van der Waals surface area (Å²) in [7, 11) is 0. The zero-order chi connectivity index (χ0) is 10.8. The van der Waals surface area contributed by atoms with Crippen LogP contribution in [0.5, 0.6) is 0 Å². The van der Waals surface area contributed by atoms with Crippen LogP contribution in [0.25, 0.3) is 5.69 Å². The predicted octanol–water partition coefficient (Wildman–Crippen LogP) is 1.78. The molecule has 0 radical (unpaired) electrons. The van der Waals surface area contributed by atoms with Crippen molar-refractivity contribution in [1.82, 2.24) is 14.8 Å². The number of rotatable bonds is 2. The van der Waals surface area contributed by atoms with E-state index in [4.69, 9.17) is 0 Å². The minimum Gasteiger partial charge on any atom is -0.291 e. The topological polar surface area (TPSA) is 47.8 Å². The van der Waals surface area contributed by atoms with Gasteiger partial charge in [0, 0.05) is 6.92 Å². The normalized spacial score (nSPS) is 10.3. The van der Waals surface area contributed by atoms with Crippen molar-refractivity contribution in [3.8, 4) is 5.69 Å². The molecule has 1 aromatic carbocycles. The lowest BCUT2D eigenvalue weighted by atomic mass is 10.3. The molecule has 2 aromatic rings. The molecule has 15 heavy (non-hydrogen) atoms. The van der Waals surface area contributed by atoms with E-state index in [1.165, 1.54) is 6.92 Å². The Morgan fingerprint density at radius 1 is 1.27 bits per heavy atom. The third-order valence-corrected chi connectivity index (χ3v) is 2.08. The van der Waals surface area contributed by atoms with Gasteiger partial charge in [-0.2, -0.15) is 0 Å². The van der Waals surface area contributed by atoms with Crippen LogP contribution in [0, 0.1) is 6.92 Å². The molecule has 4 heteroatoms. The van der Waals surface area contributed by atoms with Crippen molar-refractivity contribution >= 4 is 5.78 Å². The summed E-state index contributed by atoms with van der Waals surface area (Å²) < 4.78 is 1.66. The molecule has 0 spiro atoms. The molecule has 4 nitrogen and oxygen atoms in total. The number of carbonyl (C=O) groups is 1. The van der Waals surface area contributed by atoms with Crippen LogP contribution >= 0.6 is 0 Å². The van der Waals surface area contributed by atoms with E-state index < -0.39 is 0 Å². The van der Waals surface area contributed by atoms with Crippen molar-refractivity contribution in [1.29, 1.82) is 0 Å². The van der Waals surface area contributed by atoms with Crippen molar-refractivity contribution in [3.63, 3.8) is 0 Å². The van der Waals surface area contributed by atoms with Crippen LogP contribution in [0.3, 0.4) is 0 Å². The van der Waals surface area contributed by atoms with Crippen molar-refractivity contribution in [2.45, 2.75) is 13.8 Å². The lowest BCUT2D eigenvalue weighted by Crippen LogP contribution is -2.00. The largest absolute Gasteiger partial charge is 0.291 e. The van der Waals surface area contributed by atoms with Crippen LogP contribution in [0.1, 0.15) is 23.4 Å². The first-order chi connectivity index (χ1) is 7.18. The van der Waals surface area contributed by atoms with Crippen molar-refractivity contribution in [2.24, 2.45) is 0 Å². The molecule has 0 aliphatic heterocycles. The van der Waals surface area contributed by atoms with Gasteiger partial charge in [0.1, 0.15) is 5.82 Å². The van der Waals surface area contributed by atoms with Crippen molar-refractivity contribution < 1.29 is 4.79 Å². The molecule has 1 aromatic heterocycles. The molecule has 0 aliphatic carbocycles.